The van der Waals surface area contributed by atoms with E-state index in [9.17, 15) is 5.11 Å². The molecule has 2 rings (SSSR count). The summed E-state index contributed by atoms with van der Waals surface area (Å²) < 4.78 is 2.03. The number of nitrogens with zero attached hydrogens (tertiary/aromatic N) is 3. The molecule has 2 atom stereocenters. The van der Waals surface area contributed by atoms with Gasteiger partial charge in [0.05, 0.1) is 11.8 Å². The Morgan fingerprint density at radius 2 is 2.32 bits per heavy atom. The van der Waals surface area contributed by atoms with Gasteiger partial charge in [0.1, 0.15) is 0 Å². The van der Waals surface area contributed by atoms with Crippen LogP contribution in [0, 0.1) is 0 Å². The van der Waals surface area contributed by atoms with Gasteiger partial charge in [0, 0.05) is 42.8 Å². The van der Waals surface area contributed by atoms with Gasteiger partial charge in [0.15, 0.2) is 0 Å². The first-order chi connectivity index (χ1) is 9.15. The maximum atomic E-state index is 10.5. The highest BCUT2D eigenvalue weighted by molar-refractivity contribution is 7.99. The Morgan fingerprint density at radius 3 is 2.95 bits per heavy atom. The summed E-state index contributed by atoms with van der Waals surface area (Å²) >= 11 is 1.94. The van der Waals surface area contributed by atoms with Gasteiger partial charge in [-0.3, -0.25) is 9.58 Å². The third kappa shape index (κ3) is 3.52. The Hall–Kier alpha value is -0.520. The molecule has 2 unspecified atom stereocenters. The van der Waals surface area contributed by atoms with Crippen LogP contribution in [0.2, 0.25) is 0 Å². The molecule has 1 fully saturated rings. The standard InChI is InChI=1S/C14H25N3OS/c1-4-11-8-12(17(5-2)15-11)9-14(18)13-10-19-7-6-16(13)3/h8,13-14,18H,4-7,9-10H2,1-3H3. The molecule has 0 radical (unpaired) electrons. The van der Waals surface area contributed by atoms with E-state index < -0.39 is 0 Å². The van der Waals surface area contributed by atoms with Crippen molar-refractivity contribution >= 4 is 11.8 Å². The summed E-state index contributed by atoms with van der Waals surface area (Å²) in [6.07, 6.45) is 1.36. The fourth-order valence-corrected chi connectivity index (χ4v) is 3.89. The third-order valence-electron chi connectivity index (χ3n) is 3.88. The fraction of sp³-hybridized carbons (Fsp3) is 0.786. The van der Waals surface area contributed by atoms with E-state index in [2.05, 4.69) is 37.0 Å². The summed E-state index contributed by atoms with van der Waals surface area (Å²) in [6.45, 7) is 6.16. The molecular weight excluding hydrogens is 258 g/mol. The van der Waals surface area contributed by atoms with Crippen LogP contribution in [-0.4, -0.2) is 57.0 Å². The lowest BCUT2D eigenvalue weighted by atomic mass is 10.1. The van der Waals surface area contributed by atoms with E-state index in [1.165, 1.54) is 5.75 Å². The molecule has 1 N–H and O–H groups in total. The predicted molar refractivity (Wildman–Crippen MR) is 80.7 cm³/mol. The largest absolute Gasteiger partial charge is 0.391 e. The minimum atomic E-state index is -0.301. The van der Waals surface area contributed by atoms with Crippen molar-refractivity contribution in [2.75, 3.05) is 25.1 Å². The molecule has 5 heteroatoms. The van der Waals surface area contributed by atoms with Crippen LogP contribution >= 0.6 is 11.8 Å². The Balaban J connectivity index is 2.04. The van der Waals surface area contributed by atoms with E-state index >= 15 is 0 Å². The minimum absolute atomic E-state index is 0.268. The molecular formula is C14H25N3OS. The smallest absolute Gasteiger partial charge is 0.0758 e. The highest BCUT2D eigenvalue weighted by atomic mass is 32.2. The van der Waals surface area contributed by atoms with Crippen LogP contribution in [0.3, 0.4) is 0 Å². The quantitative estimate of drug-likeness (QED) is 0.887. The number of aliphatic hydroxyl groups excluding tert-OH is 1. The van der Waals surface area contributed by atoms with E-state index in [1.54, 1.807) is 0 Å². The second kappa shape index (κ2) is 6.77. The van der Waals surface area contributed by atoms with Crippen molar-refractivity contribution in [3.8, 4) is 0 Å². The number of aryl methyl sites for hydroxylation is 2. The monoisotopic (exact) mass is 283 g/mol. The molecule has 2 heterocycles. The van der Waals surface area contributed by atoms with E-state index in [4.69, 9.17) is 0 Å². The molecule has 0 amide bonds. The van der Waals surface area contributed by atoms with Gasteiger partial charge >= 0.3 is 0 Å². The lowest BCUT2D eigenvalue weighted by Crippen LogP contribution is -2.47. The van der Waals surface area contributed by atoms with Gasteiger partial charge in [-0.1, -0.05) is 6.92 Å². The number of aliphatic hydroxyl groups is 1. The molecule has 0 spiro atoms. The molecule has 1 aromatic rings. The maximum Gasteiger partial charge on any atom is 0.0758 e. The first-order valence-electron chi connectivity index (χ1n) is 7.17. The Morgan fingerprint density at radius 1 is 1.53 bits per heavy atom. The van der Waals surface area contributed by atoms with Crippen LogP contribution < -0.4 is 0 Å². The molecule has 0 aliphatic carbocycles. The van der Waals surface area contributed by atoms with E-state index in [-0.39, 0.29) is 12.1 Å². The summed E-state index contributed by atoms with van der Waals surface area (Å²) in [5, 5.41) is 15.1. The maximum absolute atomic E-state index is 10.5. The minimum Gasteiger partial charge on any atom is -0.391 e. The molecule has 0 saturated carbocycles. The van der Waals surface area contributed by atoms with Gasteiger partial charge in [0.25, 0.3) is 0 Å². The van der Waals surface area contributed by atoms with Crippen molar-refractivity contribution in [1.29, 1.82) is 0 Å². The molecule has 0 bridgehead atoms. The first kappa shape index (κ1) is 14.9. The van der Waals surface area contributed by atoms with Gasteiger partial charge in [-0.05, 0) is 26.5 Å². The number of likely N-dealkylation sites (N-methyl/N-ethyl adjacent to an activating group) is 1. The lowest BCUT2D eigenvalue weighted by molar-refractivity contribution is 0.0747. The van der Waals surface area contributed by atoms with Crippen molar-refractivity contribution in [3.63, 3.8) is 0 Å². The normalized spacial score (nSPS) is 22.6. The van der Waals surface area contributed by atoms with E-state index in [0.29, 0.717) is 6.42 Å². The first-order valence-corrected chi connectivity index (χ1v) is 8.32. The number of thioether (sulfide) groups is 1. The van der Waals surface area contributed by atoms with Crippen LogP contribution in [0.15, 0.2) is 6.07 Å². The molecule has 1 aliphatic heterocycles. The molecule has 1 aliphatic rings. The van der Waals surface area contributed by atoms with Crippen molar-refractivity contribution in [3.05, 3.63) is 17.5 Å². The average molecular weight is 283 g/mol. The highest BCUT2D eigenvalue weighted by Gasteiger charge is 2.27. The van der Waals surface area contributed by atoms with Crippen LogP contribution in [0.1, 0.15) is 25.2 Å². The van der Waals surface area contributed by atoms with Crippen molar-refractivity contribution in [2.45, 2.75) is 45.4 Å². The summed E-state index contributed by atoms with van der Waals surface area (Å²) in [7, 11) is 2.11. The zero-order valence-corrected chi connectivity index (χ0v) is 13.0. The van der Waals surface area contributed by atoms with Gasteiger partial charge < -0.3 is 5.11 Å². The zero-order chi connectivity index (χ0) is 13.8. The molecule has 1 aromatic heterocycles. The Bertz CT molecular complexity index is 407. The van der Waals surface area contributed by atoms with Gasteiger partial charge in [-0.2, -0.15) is 16.9 Å². The number of rotatable bonds is 5. The van der Waals surface area contributed by atoms with Crippen LogP contribution in [-0.2, 0) is 19.4 Å². The van der Waals surface area contributed by atoms with E-state index in [0.717, 1.165) is 36.7 Å². The fourth-order valence-electron chi connectivity index (χ4n) is 2.59. The average Bonchev–Trinajstić information content (AvgIpc) is 2.81. The van der Waals surface area contributed by atoms with Gasteiger partial charge in [-0.15, -0.1) is 0 Å². The third-order valence-corrected chi connectivity index (χ3v) is 4.93. The number of hydrogen-bond acceptors (Lipinski definition) is 4. The highest BCUT2D eigenvalue weighted by Crippen LogP contribution is 2.20. The Kier molecular flexibility index (Phi) is 5.30. The van der Waals surface area contributed by atoms with Crippen molar-refractivity contribution in [1.82, 2.24) is 14.7 Å². The van der Waals surface area contributed by atoms with Gasteiger partial charge in [0.2, 0.25) is 0 Å². The predicted octanol–water partition coefficient (Wildman–Crippen LogP) is 1.42. The van der Waals surface area contributed by atoms with Crippen LogP contribution in [0.25, 0.3) is 0 Å². The molecule has 1 saturated heterocycles. The Labute approximate surface area is 120 Å². The number of aromatic nitrogens is 2. The van der Waals surface area contributed by atoms with Crippen LogP contribution in [0.5, 0.6) is 0 Å². The van der Waals surface area contributed by atoms with Crippen molar-refractivity contribution < 1.29 is 5.11 Å². The second-order valence-corrected chi connectivity index (χ2v) is 6.34. The molecule has 0 aromatic carbocycles. The lowest BCUT2D eigenvalue weighted by Gasteiger charge is -2.35. The zero-order valence-electron chi connectivity index (χ0n) is 12.2. The second-order valence-electron chi connectivity index (χ2n) is 5.19. The summed E-state index contributed by atoms with van der Waals surface area (Å²) in [4.78, 5) is 2.29. The number of hydrogen-bond donors (Lipinski definition) is 1. The molecule has 19 heavy (non-hydrogen) atoms. The van der Waals surface area contributed by atoms with Crippen molar-refractivity contribution in [2.24, 2.45) is 0 Å². The summed E-state index contributed by atoms with van der Waals surface area (Å²) in [5.74, 6) is 2.20. The van der Waals surface area contributed by atoms with E-state index in [1.807, 2.05) is 16.4 Å². The SMILES string of the molecule is CCc1cc(CC(O)C2CSCCN2C)n(CC)n1. The summed E-state index contributed by atoms with van der Waals surface area (Å²) in [6, 6.07) is 2.41. The molecule has 4 nitrogen and oxygen atoms in total. The summed E-state index contributed by atoms with van der Waals surface area (Å²) in [5.41, 5.74) is 2.28. The molecule has 108 valence electrons. The van der Waals surface area contributed by atoms with Gasteiger partial charge in [-0.25, -0.2) is 0 Å². The topological polar surface area (TPSA) is 41.3 Å². The van der Waals surface area contributed by atoms with Crippen LogP contribution in [0.4, 0.5) is 0 Å².